The van der Waals surface area contributed by atoms with Crippen molar-refractivity contribution in [2.45, 2.75) is 26.3 Å². The lowest BCUT2D eigenvalue weighted by atomic mass is 10.2. The van der Waals surface area contributed by atoms with E-state index in [-0.39, 0.29) is 0 Å². The molecule has 3 rings (SSSR count). The summed E-state index contributed by atoms with van der Waals surface area (Å²) in [4.78, 5) is 15.5. The molecule has 0 fully saturated rings. The maximum atomic E-state index is 11.1. The number of aromatic nitrogens is 3. The van der Waals surface area contributed by atoms with Crippen molar-refractivity contribution in [3.8, 4) is 0 Å². The van der Waals surface area contributed by atoms with E-state index in [1.165, 1.54) is 0 Å². The first-order valence-corrected chi connectivity index (χ1v) is 6.66. The van der Waals surface area contributed by atoms with E-state index in [9.17, 15) is 4.79 Å². The Bertz CT molecular complexity index is 742. The number of carbonyl (C=O) groups excluding carboxylic acids is 1. The summed E-state index contributed by atoms with van der Waals surface area (Å²) >= 11 is 0. The van der Waals surface area contributed by atoms with Gasteiger partial charge in [0.25, 0.3) is 0 Å². The molecule has 1 aromatic carbocycles. The smallest absolute Gasteiger partial charge is 0.246 e. The van der Waals surface area contributed by atoms with Crippen LogP contribution in [-0.4, -0.2) is 21.0 Å². The third kappa shape index (κ3) is 2.22. The second kappa shape index (κ2) is 5.28. The molecular formula is C15H15N3O2. The van der Waals surface area contributed by atoms with Crippen LogP contribution in [0.2, 0.25) is 0 Å². The van der Waals surface area contributed by atoms with E-state index >= 15 is 0 Å². The van der Waals surface area contributed by atoms with Gasteiger partial charge in [0.1, 0.15) is 6.54 Å². The first-order valence-electron chi connectivity index (χ1n) is 6.66. The Labute approximate surface area is 116 Å². The van der Waals surface area contributed by atoms with Gasteiger partial charge in [-0.25, -0.2) is 0 Å². The molecule has 2 heterocycles. The molecule has 5 heteroatoms. The van der Waals surface area contributed by atoms with Gasteiger partial charge in [-0.3, -0.25) is 4.79 Å². The van der Waals surface area contributed by atoms with E-state index in [4.69, 9.17) is 4.52 Å². The van der Waals surface area contributed by atoms with E-state index in [1.807, 2.05) is 35.0 Å². The molecule has 0 aliphatic heterocycles. The molecule has 0 N–H and O–H groups in total. The predicted molar refractivity (Wildman–Crippen MR) is 74.7 cm³/mol. The fourth-order valence-electron chi connectivity index (χ4n) is 2.33. The van der Waals surface area contributed by atoms with E-state index in [0.717, 1.165) is 35.9 Å². The minimum absolute atomic E-state index is 0.477. The fourth-order valence-corrected chi connectivity index (χ4v) is 2.33. The zero-order chi connectivity index (χ0) is 13.9. The van der Waals surface area contributed by atoms with E-state index in [1.54, 1.807) is 0 Å². The van der Waals surface area contributed by atoms with Crippen molar-refractivity contribution in [1.82, 2.24) is 14.7 Å². The van der Waals surface area contributed by atoms with E-state index in [2.05, 4.69) is 17.1 Å². The summed E-state index contributed by atoms with van der Waals surface area (Å²) in [5.74, 6) is 1.29. The minimum Gasteiger partial charge on any atom is -0.337 e. The maximum Gasteiger partial charge on any atom is 0.246 e. The molecule has 0 spiro atoms. The van der Waals surface area contributed by atoms with Gasteiger partial charge >= 0.3 is 0 Å². The van der Waals surface area contributed by atoms with Gasteiger partial charge in [-0.15, -0.1) is 0 Å². The first kappa shape index (κ1) is 12.6. The monoisotopic (exact) mass is 269 g/mol. The average Bonchev–Trinajstić information content (AvgIpc) is 3.05. The van der Waals surface area contributed by atoms with Crippen molar-refractivity contribution < 1.29 is 9.32 Å². The highest BCUT2D eigenvalue weighted by atomic mass is 16.5. The molecule has 0 unspecified atom stereocenters. The molecule has 0 saturated heterocycles. The van der Waals surface area contributed by atoms with Crippen molar-refractivity contribution in [3.63, 3.8) is 0 Å². The number of hydrogen-bond donors (Lipinski definition) is 0. The van der Waals surface area contributed by atoms with Gasteiger partial charge in [-0.1, -0.05) is 30.3 Å². The van der Waals surface area contributed by atoms with Crippen molar-refractivity contribution in [3.05, 3.63) is 47.7 Å². The normalized spacial score (nSPS) is 11.1. The Morgan fingerprint density at radius 3 is 3.00 bits per heavy atom. The zero-order valence-corrected chi connectivity index (χ0v) is 11.2. The highest BCUT2D eigenvalue weighted by Crippen LogP contribution is 2.20. The van der Waals surface area contributed by atoms with E-state index in [0.29, 0.717) is 18.0 Å². The molecule has 0 amide bonds. The van der Waals surface area contributed by atoms with Crippen LogP contribution < -0.4 is 0 Å². The summed E-state index contributed by atoms with van der Waals surface area (Å²) in [6, 6.07) is 7.78. The number of benzene rings is 1. The van der Waals surface area contributed by atoms with E-state index < -0.39 is 0 Å². The molecule has 0 radical (unpaired) electrons. The van der Waals surface area contributed by atoms with Crippen molar-refractivity contribution in [2.24, 2.45) is 0 Å². The van der Waals surface area contributed by atoms with Crippen molar-refractivity contribution >= 4 is 17.2 Å². The van der Waals surface area contributed by atoms with Crippen LogP contribution in [0.15, 0.2) is 35.0 Å². The van der Waals surface area contributed by atoms with Gasteiger partial charge in [0.2, 0.25) is 5.89 Å². The lowest BCUT2D eigenvalue weighted by molar-refractivity contribution is 0.112. The Morgan fingerprint density at radius 1 is 1.35 bits per heavy atom. The minimum atomic E-state index is 0.477. The summed E-state index contributed by atoms with van der Waals surface area (Å²) in [5, 5.41) is 4.88. The third-order valence-corrected chi connectivity index (χ3v) is 3.24. The number of para-hydroxylation sites is 1. The summed E-state index contributed by atoms with van der Waals surface area (Å²) in [7, 11) is 0. The van der Waals surface area contributed by atoms with Crippen LogP contribution in [0, 0.1) is 0 Å². The van der Waals surface area contributed by atoms with Crippen LogP contribution in [0.4, 0.5) is 0 Å². The molecule has 0 saturated carbocycles. The molecule has 5 nitrogen and oxygen atoms in total. The molecule has 0 aliphatic carbocycles. The molecule has 0 bridgehead atoms. The molecular weight excluding hydrogens is 254 g/mol. The van der Waals surface area contributed by atoms with Gasteiger partial charge in [0.15, 0.2) is 12.1 Å². The molecule has 20 heavy (non-hydrogen) atoms. The second-order valence-corrected chi connectivity index (χ2v) is 4.70. The van der Waals surface area contributed by atoms with Gasteiger partial charge < -0.3 is 9.09 Å². The molecule has 102 valence electrons. The lowest BCUT2D eigenvalue weighted by Gasteiger charge is -2.00. The molecule has 0 atom stereocenters. The third-order valence-electron chi connectivity index (χ3n) is 3.24. The number of rotatable bonds is 5. The number of aryl methyl sites for hydroxylation is 1. The highest BCUT2D eigenvalue weighted by Gasteiger charge is 2.11. The van der Waals surface area contributed by atoms with Gasteiger partial charge in [-0.2, -0.15) is 4.98 Å². The second-order valence-electron chi connectivity index (χ2n) is 4.70. The van der Waals surface area contributed by atoms with Gasteiger partial charge in [0.05, 0.1) is 0 Å². The SMILES string of the molecule is CCCc1noc(Cn2cc(C=O)c3ccccc32)n1. The van der Waals surface area contributed by atoms with Crippen LogP contribution in [0.5, 0.6) is 0 Å². The summed E-state index contributed by atoms with van der Waals surface area (Å²) in [5.41, 5.74) is 1.67. The van der Waals surface area contributed by atoms with Crippen LogP contribution >= 0.6 is 0 Å². The standard InChI is InChI=1S/C15H15N3O2/c1-2-5-14-16-15(20-17-14)9-18-8-11(10-19)12-6-3-4-7-13(12)18/h3-4,6-8,10H,2,5,9H2,1H3. The van der Waals surface area contributed by atoms with Gasteiger partial charge in [0, 0.05) is 29.1 Å². The van der Waals surface area contributed by atoms with Gasteiger partial charge in [-0.05, 0) is 12.5 Å². The van der Waals surface area contributed by atoms with Crippen LogP contribution in [0.3, 0.4) is 0 Å². The van der Waals surface area contributed by atoms with Crippen LogP contribution in [0.1, 0.15) is 35.4 Å². The number of carbonyl (C=O) groups is 1. The maximum absolute atomic E-state index is 11.1. The predicted octanol–water partition coefficient (Wildman–Crippen LogP) is 2.84. The largest absolute Gasteiger partial charge is 0.337 e. The summed E-state index contributed by atoms with van der Waals surface area (Å²) in [6.45, 7) is 2.55. The van der Waals surface area contributed by atoms with Crippen LogP contribution in [-0.2, 0) is 13.0 Å². The highest BCUT2D eigenvalue weighted by molar-refractivity contribution is 5.97. The summed E-state index contributed by atoms with van der Waals surface area (Å²) < 4.78 is 7.20. The topological polar surface area (TPSA) is 60.9 Å². The molecule has 2 aromatic heterocycles. The van der Waals surface area contributed by atoms with Crippen LogP contribution in [0.25, 0.3) is 10.9 Å². The number of nitrogens with zero attached hydrogens (tertiary/aromatic N) is 3. The van der Waals surface area contributed by atoms with Crippen molar-refractivity contribution in [2.75, 3.05) is 0 Å². The average molecular weight is 269 g/mol. The first-order chi connectivity index (χ1) is 9.81. The summed E-state index contributed by atoms with van der Waals surface area (Å²) in [6.07, 6.45) is 4.49. The molecule has 0 aliphatic rings. The molecule has 3 aromatic rings. The zero-order valence-electron chi connectivity index (χ0n) is 11.2. The number of aldehydes is 1. The fraction of sp³-hybridized carbons (Fsp3) is 0.267. The Balaban J connectivity index is 1.95. The Kier molecular flexibility index (Phi) is 3.33. The number of hydrogen-bond acceptors (Lipinski definition) is 4. The Hall–Kier alpha value is -2.43. The Morgan fingerprint density at radius 2 is 2.20 bits per heavy atom. The number of fused-ring (bicyclic) bond motifs is 1. The van der Waals surface area contributed by atoms with Crippen molar-refractivity contribution in [1.29, 1.82) is 0 Å². The quantitative estimate of drug-likeness (QED) is 0.668. The lowest BCUT2D eigenvalue weighted by Crippen LogP contribution is -1.98.